The van der Waals surface area contributed by atoms with E-state index in [-0.39, 0.29) is 19.3 Å². The van der Waals surface area contributed by atoms with Crippen LogP contribution in [0.5, 0.6) is 23.0 Å². The van der Waals surface area contributed by atoms with Crippen LogP contribution in [0.3, 0.4) is 0 Å². The fourth-order valence-corrected chi connectivity index (χ4v) is 3.91. The van der Waals surface area contributed by atoms with Gasteiger partial charge >= 0.3 is 11.9 Å². The lowest BCUT2D eigenvalue weighted by atomic mass is 9.92. The van der Waals surface area contributed by atoms with Crippen molar-refractivity contribution >= 4 is 11.9 Å². The second-order valence-electron chi connectivity index (χ2n) is 8.09. The summed E-state index contributed by atoms with van der Waals surface area (Å²) in [6.45, 7) is 0. The molecule has 0 fully saturated rings. The first-order valence-corrected chi connectivity index (χ1v) is 12.0. The third kappa shape index (κ3) is 7.85. The summed E-state index contributed by atoms with van der Waals surface area (Å²) in [5.41, 5.74) is 2.41. The molecule has 1 aliphatic heterocycles. The molecule has 0 saturated carbocycles. The minimum Gasteiger partial charge on any atom is -0.497 e. The molecule has 0 saturated heterocycles. The normalized spacial score (nSPS) is 13.4. The Morgan fingerprint density at radius 2 is 1.30 bits per heavy atom. The Morgan fingerprint density at radius 3 is 1.85 bits per heavy atom. The van der Waals surface area contributed by atoms with Gasteiger partial charge in [-0.25, -0.2) is 4.79 Å². The van der Waals surface area contributed by atoms with E-state index in [0.717, 1.165) is 24.0 Å². The van der Waals surface area contributed by atoms with Gasteiger partial charge in [-0.1, -0.05) is 68.1 Å². The van der Waals surface area contributed by atoms with E-state index in [1.807, 2.05) is 42.5 Å². The number of hydrogen-bond acceptors (Lipinski definition) is 7. The Balaban J connectivity index is 0.000000258. The summed E-state index contributed by atoms with van der Waals surface area (Å²) in [5, 5.41) is 16.2. The number of aliphatic hydroxyl groups is 1. The van der Waals surface area contributed by atoms with Crippen LogP contribution in [0.2, 0.25) is 0 Å². The zero-order valence-electron chi connectivity index (χ0n) is 21.8. The fraction of sp³-hybridized carbons (Fsp3) is 0.188. The first-order valence-electron chi connectivity index (χ1n) is 12.0. The van der Waals surface area contributed by atoms with Gasteiger partial charge in [-0.05, 0) is 48.0 Å². The number of aliphatic carboxylic acids is 1. The number of hydrogen-bond donors (Lipinski definition) is 2. The zero-order chi connectivity index (χ0) is 28.2. The highest BCUT2D eigenvalue weighted by molar-refractivity contribution is 5.89. The monoisotopic (exact) mass is 546 g/mol. The highest BCUT2D eigenvalue weighted by atomic mass is 16.5. The minimum atomic E-state index is -1.03. The lowest BCUT2D eigenvalue weighted by Crippen LogP contribution is -2.18. The van der Waals surface area contributed by atoms with Crippen LogP contribution in [-0.4, -0.2) is 43.5 Å². The Labute approximate surface area is 234 Å². The van der Waals surface area contributed by atoms with Crippen LogP contribution < -0.4 is 18.9 Å². The molecule has 40 heavy (non-hydrogen) atoms. The smallest absolute Gasteiger partial charge is 0.349 e. The maximum atomic E-state index is 12.0. The quantitative estimate of drug-likeness (QED) is 0.218. The van der Waals surface area contributed by atoms with Crippen LogP contribution in [0.15, 0.2) is 103 Å². The molecule has 8 heteroatoms. The van der Waals surface area contributed by atoms with E-state index < -0.39 is 12.1 Å². The van der Waals surface area contributed by atoms with Gasteiger partial charge in [0.25, 0.3) is 0 Å². The summed E-state index contributed by atoms with van der Waals surface area (Å²) < 4.78 is 21.0. The van der Waals surface area contributed by atoms with Crippen LogP contribution in [0.1, 0.15) is 36.1 Å². The molecule has 8 nitrogen and oxygen atoms in total. The van der Waals surface area contributed by atoms with Crippen molar-refractivity contribution in [2.75, 3.05) is 21.3 Å². The van der Waals surface area contributed by atoms with Gasteiger partial charge in [0, 0.05) is 18.2 Å². The molecule has 5 rings (SSSR count). The highest BCUT2D eigenvalue weighted by Crippen LogP contribution is 2.40. The standard InChI is InChI=1S/C15H14O4.C15H12O3.CH4O.CH4/c1-18-12-7-9-13(10-8-12)19-14(15(16)17)11-5-3-2-4-6-11;1-17-11-7-8-13-12(9-11)14(15(16)18-13)10-5-3-2-4-6-10;1-2;/h2-10,14H,1H3,(H,16,17);2-9,14H,1H3;2H,1H3;1H4. The molecule has 2 atom stereocenters. The van der Waals surface area contributed by atoms with E-state index >= 15 is 0 Å². The topological polar surface area (TPSA) is 112 Å². The molecule has 0 aromatic heterocycles. The maximum absolute atomic E-state index is 12.0. The molecule has 210 valence electrons. The molecule has 2 N–H and O–H groups in total. The first kappa shape index (κ1) is 31.4. The average molecular weight is 547 g/mol. The van der Waals surface area contributed by atoms with Crippen molar-refractivity contribution in [3.8, 4) is 23.0 Å². The number of carboxylic acids is 1. The molecule has 4 aromatic rings. The summed E-state index contributed by atoms with van der Waals surface area (Å²) in [6.07, 6.45) is -1.02. The molecule has 1 aliphatic rings. The molecule has 4 aromatic carbocycles. The van der Waals surface area contributed by atoms with Gasteiger partial charge in [-0.15, -0.1) is 0 Å². The summed E-state index contributed by atoms with van der Waals surface area (Å²) in [7, 11) is 4.18. The van der Waals surface area contributed by atoms with Gasteiger partial charge in [0.05, 0.1) is 14.2 Å². The second kappa shape index (κ2) is 15.6. The van der Waals surface area contributed by atoms with E-state index in [2.05, 4.69) is 0 Å². The van der Waals surface area contributed by atoms with E-state index in [9.17, 15) is 14.7 Å². The third-order valence-corrected chi connectivity index (χ3v) is 5.75. The van der Waals surface area contributed by atoms with Gasteiger partial charge in [0.2, 0.25) is 6.10 Å². The largest absolute Gasteiger partial charge is 0.497 e. The van der Waals surface area contributed by atoms with Crippen molar-refractivity contribution in [2.24, 2.45) is 0 Å². The minimum absolute atomic E-state index is 0. The Hall–Kier alpha value is -4.82. The van der Waals surface area contributed by atoms with Gasteiger partial charge < -0.3 is 29.2 Å². The predicted octanol–water partition coefficient (Wildman–Crippen LogP) is 5.89. The summed E-state index contributed by atoms with van der Waals surface area (Å²) in [4.78, 5) is 23.2. The first-order chi connectivity index (χ1) is 19.0. The third-order valence-electron chi connectivity index (χ3n) is 5.75. The maximum Gasteiger partial charge on any atom is 0.349 e. The number of fused-ring (bicyclic) bond motifs is 1. The summed E-state index contributed by atoms with van der Waals surface area (Å²) >= 11 is 0. The number of carbonyl (C=O) groups is 2. The van der Waals surface area contributed by atoms with Gasteiger partial charge in [0.15, 0.2) is 0 Å². The van der Waals surface area contributed by atoms with Crippen molar-refractivity contribution in [1.29, 1.82) is 0 Å². The van der Waals surface area contributed by atoms with Crippen LogP contribution >= 0.6 is 0 Å². The van der Waals surface area contributed by atoms with Crippen LogP contribution in [0, 0.1) is 0 Å². The highest BCUT2D eigenvalue weighted by Gasteiger charge is 2.34. The number of methoxy groups -OCH3 is 2. The van der Waals surface area contributed by atoms with Crippen molar-refractivity contribution < 1.29 is 38.7 Å². The Morgan fingerprint density at radius 1 is 0.775 bits per heavy atom. The van der Waals surface area contributed by atoms with Crippen molar-refractivity contribution in [3.63, 3.8) is 0 Å². The molecule has 0 spiro atoms. The average Bonchev–Trinajstić information content (AvgIpc) is 3.33. The lowest BCUT2D eigenvalue weighted by Gasteiger charge is -2.15. The van der Waals surface area contributed by atoms with Crippen molar-refractivity contribution in [3.05, 3.63) is 120 Å². The number of benzene rings is 4. The second-order valence-corrected chi connectivity index (χ2v) is 8.09. The molecule has 0 radical (unpaired) electrons. The predicted molar refractivity (Wildman–Crippen MR) is 152 cm³/mol. The lowest BCUT2D eigenvalue weighted by molar-refractivity contribution is -0.145. The van der Waals surface area contributed by atoms with Crippen molar-refractivity contribution in [2.45, 2.75) is 19.4 Å². The molecule has 2 unspecified atom stereocenters. The van der Waals surface area contributed by atoms with Gasteiger partial charge in [-0.3, -0.25) is 4.79 Å². The van der Waals surface area contributed by atoms with E-state index in [1.54, 1.807) is 74.9 Å². The Bertz CT molecular complexity index is 1340. The van der Waals surface area contributed by atoms with Gasteiger partial charge in [0.1, 0.15) is 28.9 Å². The molecular weight excluding hydrogens is 512 g/mol. The SMILES string of the molecule is C.CO.COc1ccc(OC(C(=O)O)c2ccccc2)cc1.COc1ccc2c(c1)C(c1ccccc1)C(=O)O2. The van der Waals surface area contributed by atoms with E-state index in [0.29, 0.717) is 22.8 Å². The molecule has 1 heterocycles. The van der Waals surface area contributed by atoms with Crippen molar-refractivity contribution in [1.82, 2.24) is 0 Å². The Kier molecular flexibility index (Phi) is 12.2. The van der Waals surface area contributed by atoms with E-state index in [4.69, 9.17) is 24.1 Å². The molecule has 0 aliphatic carbocycles. The number of carboxylic acid groups (broad SMARTS) is 1. The summed E-state index contributed by atoms with van der Waals surface area (Å²) in [5.74, 6) is 0.918. The molecular formula is C32H34O8. The number of aliphatic hydroxyl groups excluding tert-OH is 1. The number of carbonyl (C=O) groups excluding carboxylic acids is 1. The fourth-order valence-electron chi connectivity index (χ4n) is 3.91. The molecule has 0 amide bonds. The van der Waals surface area contributed by atoms with Gasteiger partial charge in [-0.2, -0.15) is 0 Å². The zero-order valence-corrected chi connectivity index (χ0v) is 21.8. The number of ether oxygens (including phenoxy) is 4. The number of esters is 1. The molecule has 0 bridgehead atoms. The van der Waals surface area contributed by atoms with E-state index in [1.165, 1.54) is 0 Å². The summed E-state index contributed by atoms with van der Waals surface area (Å²) in [6, 6.07) is 30.7. The number of rotatable bonds is 7. The van der Waals surface area contributed by atoms with Crippen LogP contribution in [0.4, 0.5) is 0 Å². The van der Waals surface area contributed by atoms with Crippen LogP contribution in [-0.2, 0) is 9.59 Å². The van der Waals surface area contributed by atoms with Crippen LogP contribution in [0.25, 0.3) is 0 Å².